The van der Waals surface area contributed by atoms with E-state index in [1.807, 2.05) is 0 Å². The maximum absolute atomic E-state index is 11.9. The standard InChI is InChI=1S/C21H20O6.C6H8O6/c1-26-20-11-14(5-9-18(20)24)3-7-16(22)13-17(23)8-4-15-6-10-19(25)21(12-15)27-2;7-1-2(8)5-3(9)4(10)6(11)12-5/h3-12,24-25H,13H2,1-2H3;2,5,7-10H,1H2/b7-3+,8-4+;/t;2-,5+/m.0/s1. The Bertz CT molecular complexity index is 1220. The molecule has 0 saturated carbocycles. The number of aliphatic hydroxyl groups is 4. The summed E-state index contributed by atoms with van der Waals surface area (Å²) in [6, 6.07) is 9.34. The molecule has 0 unspecified atom stereocenters. The quantitative estimate of drug-likeness (QED) is 0.144. The van der Waals surface area contributed by atoms with Gasteiger partial charge in [-0.05, 0) is 47.5 Å². The number of hydrogen-bond acceptors (Lipinski definition) is 12. The van der Waals surface area contributed by atoms with E-state index in [4.69, 9.17) is 29.9 Å². The highest BCUT2D eigenvalue weighted by molar-refractivity contribution is 6.10. The van der Waals surface area contributed by atoms with Gasteiger partial charge in [-0.2, -0.15) is 0 Å². The van der Waals surface area contributed by atoms with Gasteiger partial charge in [0.2, 0.25) is 5.76 Å². The molecule has 0 bridgehead atoms. The summed E-state index contributed by atoms with van der Waals surface area (Å²) in [6.07, 6.45) is 2.67. The third kappa shape index (κ3) is 8.62. The Morgan fingerprint density at radius 2 is 1.36 bits per heavy atom. The van der Waals surface area contributed by atoms with Gasteiger partial charge in [0.15, 0.2) is 46.4 Å². The number of hydrogen-bond donors (Lipinski definition) is 6. The highest BCUT2D eigenvalue weighted by Gasteiger charge is 2.38. The molecule has 1 aliphatic heterocycles. The fourth-order valence-corrected chi connectivity index (χ4v) is 3.09. The minimum absolute atomic E-state index is 0.00662. The van der Waals surface area contributed by atoms with E-state index in [1.54, 1.807) is 36.4 Å². The minimum Gasteiger partial charge on any atom is -0.505 e. The van der Waals surface area contributed by atoms with Crippen molar-refractivity contribution in [3.05, 3.63) is 71.2 Å². The average Bonchev–Trinajstić information content (AvgIpc) is 3.19. The molecule has 2 aromatic rings. The van der Waals surface area contributed by atoms with Crippen molar-refractivity contribution >= 4 is 29.7 Å². The van der Waals surface area contributed by atoms with Crippen LogP contribution < -0.4 is 9.47 Å². The van der Waals surface area contributed by atoms with E-state index in [2.05, 4.69) is 4.74 Å². The molecule has 0 aliphatic carbocycles. The number of allylic oxidation sites excluding steroid dienone is 2. The lowest BCUT2D eigenvalue weighted by molar-refractivity contribution is -0.147. The normalized spacial score (nSPS) is 15.6. The molecule has 0 fully saturated rings. The molecule has 12 nitrogen and oxygen atoms in total. The number of benzene rings is 2. The number of ether oxygens (including phenoxy) is 3. The zero-order valence-electron chi connectivity index (χ0n) is 21.0. The van der Waals surface area contributed by atoms with Crippen LogP contribution in [0.5, 0.6) is 23.0 Å². The second-order valence-electron chi connectivity index (χ2n) is 7.95. The Labute approximate surface area is 222 Å². The first-order chi connectivity index (χ1) is 18.5. The number of phenolic OH excluding ortho intramolecular Hbond substituents is 2. The number of carbonyl (C=O) groups is 3. The van der Waals surface area contributed by atoms with Crippen LogP contribution in [0.3, 0.4) is 0 Å². The summed E-state index contributed by atoms with van der Waals surface area (Å²) in [4.78, 5) is 34.4. The lowest BCUT2D eigenvalue weighted by Gasteiger charge is -2.13. The van der Waals surface area contributed by atoms with Gasteiger partial charge in [-0.25, -0.2) is 4.79 Å². The SMILES string of the molecule is COc1cc(/C=C/C(=O)CC(=O)/C=C/c2ccc(O)c(OC)c2)ccc1O.O=C1O[C@H]([C@@H](O)CO)C(O)=C1O. The predicted octanol–water partition coefficient (Wildman–Crippen LogP) is 1.96. The molecule has 0 radical (unpaired) electrons. The second-order valence-corrected chi connectivity index (χ2v) is 7.95. The highest BCUT2D eigenvalue weighted by atomic mass is 16.6. The van der Waals surface area contributed by atoms with Crippen LogP contribution in [0.2, 0.25) is 0 Å². The Morgan fingerprint density at radius 3 is 1.72 bits per heavy atom. The number of rotatable bonds is 10. The van der Waals surface area contributed by atoms with E-state index in [1.165, 1.54) is 38.5 Å². The third-order valence-electron chi connectivity index (χ3n) is 5.16. The Balaban J connectivity index is 0.000000370. The Morgan fingerprint density at radius 1 is 0.897 bits per heavy atom. The van der Waals surface area contributed by atoms with Gasteiger partial charge in [-0.3, -0.25) is 9.59 Å². The van der Waals surface area contributed by atoms with Gasteiger partial charge >= 0.3 is 5.97 Å². The van der Waals surface area contributed by atoms with Crippen LogP contribution in [-0.2, 0) is 19.1 Å². The molecule has 3 rings (SSSR count). The molecule has 39 heavy (non-hydrogen) atoms. The van der Waals surface area contributed by atoms with Gasteiger partial charge in [0, 0.05) is 0 Å². The first-order valence-corrected chi connectivity index (χ1v) is 11.3. The Hall–Kier alpha value is -4.81. The van der Waals surface area contributed by atoms with Gasteiger partial charge < -0.3 is 44.8 Å². The maximum atomic E-state index is 11.9. The lowest BCUT2D eigenvalue weighted by atomic mass is 10.1. The lowest BCUT2D eigenvalue weighted by Crippen LogP contribution is -2.31. The fourth-order valence-electron chi connectivity index (χ4n) is 3.09. The zero-order chi connectivity index (χ0) is 29.1. The summed E-state index contributed by atoms with van der Waals surface area (Å²) in [6.45, 7) is -0.671. The molecule has 2 aromatic carbocycles. The molecule has 1 aliphatic rings. The van der Waals surface area contributed by atoms with E-state index in [0.717, 1.165) is 0 Å². The van der Waals surface area contributed by atoms with Crippen molar-refractivity contribution in [2.45, 2.75) is 18.6 Å². The third-order valence-corrected chi connectivity index (χ3v) is 5.16. The second kappa shape index (κ2) is 14.2. The van der Waals surface area contributed by atoms with Gasteiger partial charge in [-0.15, -0.1) is 0 Å². The van der Waals surface area contributed by atoms with Crippen LogP contribution in [-0.4, -0.2) is 81.2 Å². The van der Waals surface area contributed by atoms with Gasteiger partial charge in [0.1, 0.15) is 6.10 Å². The molecule has 1 heterocycles. The molecule has 6 N–H and O–H groups in total. The van der Waals surface area contributed by atoms with Crippen LogP contribution in [0.25, 0.3) is 12.2 Å². The first kappa shape index (κ1) is 30.4. The van der Waals surface area contributed by atoms with E-state index in [-0.39, 0.29) is 29.5 Å². The largest absolute Gasteiger partial charge is 0.505 e. The van der Waals surface area contributed by atoms with Crippen LogP contribution in [0.4, 0.5) is 0 Å². The molecule has 208 valence electrons. The molecule has 0 amide bonds. The van der Waals surface area contributed by atoms with Crippen LogP contribution in [0, 0.1) is 0 Å². The number of phenols is 2. The summed E-state index contributed by atoms with van der Waals surface area (Å²) in [5.74, 6) is -2.86. The summed E-state index contributed by atoms with van der Waals surface area (Å²) < 4.78 is 14.3. The van der Waals surface area contributed by atoms with Crippen LogP contribution >= 0.6 is 0 Å². The minimum atomic E-state index is -1.42. The van der Waals surface area contributed by atoms with E-state index in [9.17, 15) is 24.6 Å². The van der Waals surface area contributed by atoms with Gasteiger partial charge in [0.25, 0.3) is 0 Å². The number of aliphatic hydroxyl groups excluding tert-OH is 4. The van der Waals surface area contributed by atoms with Crippen molar-refractivity contribution in [2.75, 3.05) is 20.8 Å². The summed E-state index contributed by atoms with van der Waals surface area (Å²) in [5, 5.41) is 54.1. The van der Waals surface area contributed by atoms with Crippen molar-refractivity contribution in [1.29, 1.82) is 0 Å². The molecule has 2 atom stereocenters. The molecule has 0 saturated heterocycles. The van der Waals surface area contributed by atoms with Crippen molar-refractivity contribution in [3.63, 3.8) is 0 Å². The summed E-state index contributed by atoms with van der Waals surface area (Å²) >= 11 is 0. The van der Waals surface area contributed by atoms with Crippen molar-refractivity contribution in [2.24, 2.45) is 0 Å². The molecule has 0 spiro atoms. The fraction of sp³-hybridized carbons (Fsp3) is 0.222. The summed E-state index contributed by atoms with van der Waals surface area (Å²) in [5.41, 5.74) is 1.33. The van der Waals surface area contributed by atoms with E-state index >= 15 is 0 Å². The molecule has 0 aromatic heterocycles. The number of methoxy groups -OCH3 is 2. The monoisotopic (exact) mass is 544 g/mol. The number of esters is 1. The zero-order valence-corrected chi connectivity index (χ0v) is 21.0. The number of carbonyl (C=O) groups excluding carboxylic acids is 3. The maximum Gasteiger partial charge on any atom is 0.377 e. The summed E-state index contributed by atoms with van der Waals surface area (Å²) in [7, 11) is 2.87. The van der Waals surface area contributed by atoms with Crippen LogP contribution in [0.1, 0.15) is 17.5 Å². The molecular weight excluding hydrogens is 516 g/mol. The highest BCUT2D eigenvalue weighted by Crippen LogP contribution is 2.27. The van der Waals surface area contributed by atoms with E-state index < -0.39 is 36.3 Å². The van der Waals surface area contributed by atoms with Gasteiger partial charge in [0.05, 0.1) is 27.2 Å². The smallest absolute Gasteiger partial charge is 0.377 e. The number of cyclic esters (lactones) is 1. The first-order valence-electron chi connectivity index (χ1n) is 11.3. The topological polar surface area (TPSA) is 200 Å². The van der Waals surface area contributed by atoms with Crippen molar-refractivity contribution < 1.29 is 59.2 Å². The van der Waals surface area contributed by atoms with Crippen molar-refractivity contribution in [3.8, 4) is 23.0 Å². The van der Waals surface area contributed by atoms with Gasteiger partial charge in [-0.1, -0.05) is 24.3 Å². The predicted molar refractivity (Wildman–Crippen MR) is 137 cm³/mol. The Kier molecular flexibility index (Phi) is 11.1. The molecule has 12 heteroatoms. The van der Waals surface area contributed by atoms with Crippen molar-refractivity contribution in [1.82, 2.24) is 0 Å². The number of ketones is 2. The molecular formula is C27H28O12. The van der Waals surface area contributed by atoms with E-state index in [0.29, 0.717) is 22.6 Å². The number of aromatic hydroxyl groups is 2. The van der Waals surface area contributed by atoms with Crippen LogP contribution in [0.15, 0.2) is 60.1 Å². The average molecular weight is 545 g/mol.